The number of hydrogen-bond acceptors (Lipinski definition) is 4. The number of para-hydroxylation sites is 1. The zero-order chi connectivity index (χ0) is 18.1. The molecule has 134 valence electrons. The molecule has 0 saturated carbocycles. The maximum atomic E-state index is 12.6. The SMILES string of the molecule is COC(=O)c1coc(C(=O)N2CCC(c3c[nH]c4ccccc34)CC2)c1. The van der Waals surface area contributed by atoms with Gasteiger partial charge in [-0.1, -0.05) is 18.2 Å². The van der Waals surface area contributed by atoms with Gasteiger partial charge < -0.3 is 19.0 Å². The number of ether oxygens (including phenoxy) is 1. The molecule has 0 atom stereocenters. The van der Waals surface area contributed by atoms with Crippen molar-refractivity contribution < 1.29 is 18.7 Å². The maximum absolute atomic E-state index is 12.6. The van der Waals surface area contributed by atoms with Gasteiger partial charge in [-0.25, -0.2) is 4.79 Å². The Balaban J connectivity index is 1.44. The largest absolute Gasteiger partial charge is 0.465 e. The summed E-state index contributed by atoms with van der Waals surface area (Å²) in [5.74, 6) is -0.0863. The van der Waals surface area contributed by atoms with Gasteiger partial charge in [-0.3, -0.25) is 4.79 Å². The number of carbonyl (C=O) groups excluding carboxylic acids is 2. The summed E-state index contributed by atoms with van der Waals surface area (Å²) in [5.41, 5.74) is 2.72. The Kier molecular flexibility index (Phi) is 4.24. The molecule has 4 rings (SSSR count). The summed E-state index contributed by atoms with van der Waals surface area (Å²) < 4.78 is 9.90. The maximum Gasteiger partial charge on any atom is 0.341 e. The molecule has 1 aromatic carbocycles. The number of furan rings is 1. The van der Waals surface area contributed by atoms with Crippen LogP contribution in [0.3, 0.4) is 0 Å². The zero-order valence-electron chi connectivity index (χ0n) is 14.5. The minimum atomic E-state index is -0.508. The molecular formula is C20H20N2O4. The van der Waals surface area contributed by atoms with Crippen molar-refractivity contribution in [2.75, 3.05) is 20.2 Å². The Morgan fingerprint density at radius 3 is 2.77 bits per heavy atom. The Hall–Kier alpha value is -3.02. The first-order chi connectivity index (χ1) is 12.7. The number of nitrogens with zero attached hydrogens (tertiary/aromatic N) is 1. The van der Waals surface area contributed by atoms with E-state index in [9.17, 15) is 9.59 Å². The average molecular weight is 352 g/mol. The zero-order valence-corrected chi connectivity index (χ0v) is 14.5. The number of nitrogens with one attached hydrogen (secondary N) is 1. The van der Waals surface area contributed by atoms with Crippen LogP contribution in [-0.4, -0.2) is 42.0 Å². The lowest BCUT2D eigenvalue weighted by molar-refractivity contribution is 0.0599. The van der Waals surface area contributed by atoms with Crippen LogP contribution < -0.4 is 0 Å². The molecule has 6 heteroatoms. The number of aromatic amines is 1. The number of benzene rings is 1. The Morgan fingerprint density at radius 1 is 1.23 bits per heavy atom. The number of hydrogen-bond donors (Lipinski definition) is 1. The molecule has 1 N–H and O–H groups in total. The molecule has 1 aliphatic heterocycles. The molecule has 0 unspecified atom stereocenters. The number of piperidine rings is 1. The molecular weight excluding hydrogens is 332 g/mol. The summed E-state index contributed by atoms with van der Waals surface area (Å²) in [6.45, 7) is 1.33. The molecule has 6 nitrogen and oxygen atoms in total. The molecule has 1 amide bonds. The third kappa shape index (κ3) is 2.87. The van der Waals surface area contributed by atoms with Crippen LogP contribution in [-0.2, 0) is 4.74 Å². The number of H-pyrrole nitrogens is 1. The standard InChI is InChI=1S/C20H20N2O4/c1-25-20(24)14-10-18(26-12-14)19(23)22-8-6-13(7-9-22)16-11-21-17-5-3-2-4-15(16)17/h2-5,10-13,21H,6-9H2,1H3. The normalized spacial score (nSPS) is 15.3. The van der Waals surface area contributed by atoms with Gasteiger partial charge in [0.2, 0.25) is 0 Å². The Bertz CT molecular complexity index is 948. The van der Waals surface area contributed by atoms with E-state index in [1.165, 1.54) is 30.4 Å². The molecule has 1 aliphatic rings. The lowest BCUT2D eigenvalue weighted by Crippen LogP contribution is -2.37. The molecule has 2 aromatic heterocycles. The predicted octanol–water partition coefficient (Wildman–Crippen LogP) is 3.57. The van der Waals surface area contributed by atoms with E-state index in [-0.39, 0.29) is 17.2 Å². The number of fused-ring (bicyclic) bond motifs is 1. The second-order valence-corrected chi connectivity index (χ2v) is 6.55. The summed E-state index contributed by atoms with van der Waals surface area (Å²) in [6, 6.07) is 9.73. The van der Waals surface area contributed by atoms with Crippen molar-refractivity contribution in [2.24, 2.45) is 0 Å². The van der Waals surface area contributed by atoms with E-state index in [4.69, 9.17) is 4.42 Å². The van der Waals surface area contributed by atoms with Gasteiger partial charge in [0.1, 0.15) is 6.26 Å². The van der Waals surface area contributed by atoms with Crippen LogP contribution in [0, 0.1) is 0 Å². The molecule has 1 saturated heterocycles. The highest BCUT2D eigenvalue weighted by Gasteiger charge is 2.28. The van der Waals surface area contributed by atoms with Gasteiger partial charge in [0.05, 0.1) is 12.7 Å². The van der Waals surface area contributed by atoms with Crippen molar-refractivity contribution in [2.45, 2.75) is 18.8 Å². The number of likely N-dealkylation sites (tertiary alicyclic amines) is 1. The van der Waals surface area contributed by atoms with E-state index in [1.807, 2.05) is 12.1 Å². The van der Waals surface area contributed by atoms with E-state index in [0.717, 1.165) is 18.4 Å². The Morgan fingerprint density at radius 2 is 2.00 bits per heavy atom. The average Bonchev–Trinajstić information content (AvgIpc) is 3.34. The van der Waals surface area contributed by atoms with E-state index in [1.54, 1.807) is 4.90 Å². The summed E-state index contributed by atoms with van der Waals surface area (Å²) >= 11 is 0. The summed E-state index contributed by atoms with van der Waals surface area (Å²) in [6.07, 6.45) is 5.15. The number of methoxy groups -OCH3 is 1. The van der Waals surface area contributed by atoms with Crippen LogP contribution in [0.2, 0.25) is 0 Å². The van der Waals surface area contributed by atoms with Crippen LogP contribution in [0.4, 0.5) is 0 Å². The van der Waals surface area contributed by atoms with Crippen LogP contribution in [0.15, 0.2) is 47.2 Å². The van der Waals surface area contributed by atoms with Crippen LogP contribution in [0.5, 0.6) is 0 Å². The molecule has 26 heavy (non-hydrogen) atoms. The van der Waals surface area contributed by atoms with Gasteiger partial charge in [0.15, 0.2) is 5.76 Å². The summed E-state index contributed by atoms with van der Waals surface area (Å²) in [5, 5.41) is 1.26. The lowest BCUT2D eigenvalue weighted by Gasteiger charge is -2.31. The summed E-state index contributed by atoms with van der Waals surface area (Å²) in [7, 11) is 1.30. The molecule has 1 fully saturated rings. The third-order valence-corrected chi connectivity index (χ3v) is 5.07. The monoisotopic (exact) mass is 352 g/mol. The highest BCUT2D eigenvalue weighted by atomic mass is 16.5. The van der Waals surface area contributed by atoms with Crippen LogP contribution >= 0.6 is 0 Å². The summed E-state index contributed by atoms with van der Waals surface area (Å²) in [4.78, 5) is 29.2. The van der Waals surface area contributed by atoms with Crippen LogP contribution in [0.25, 0.3) is 10.9 Å². The van der Waals surface area contributed by atoms with E-state index in [2.05, 4.69) is 28.1 Å². The first-order valence-corrected chi connectivity index (χ1v) is 8.69. The fourth-order valence-electron chi connectivity index (χ4n) is 3.65. The van der Waals surface area contributed by atoms with Gasteiger partial charge in [-0.2, -0.15) is 0 Å². The minimum Gasteiger partial charge on any atom is -0.465 e. The smallest absolute Gasteiger partial charge is 0.341 e. The first kappa shape index (κ1) is 16.4. The predicted molar refractivity (Wildman–Crippen MR) is 96.2 cm³/mol. The van der Waals surface area contributed by atoms with E-state index >= 15 is 0 Å². The number of aromatic nitrogens is 1. The van der Waals surface area contributed by atoms with Crippen LogP contribution in [0.1, 0.15) is 45.2 Å². The van der Waals surface area contributed by atoms with Gasteiger partial charge >= 0.3 is 5.97 Å². The highest BCUT2D eigenvalue weighted by molar-refractivity contribution is 5.96. The molecule has 3 aromatic rings. The second kappa shape index (κ2) is 6.71. The second-order valence-electron chi connectivity index (χ2n) is 6.55. The van der Waals surface area contributed by atoms with Crippen molar-refractivity contribution in [1.82, 2.24) is 9.88 Å². The third-order valence-electron chi connectivity index (χ3n) is 5.07. The molecule has 0 radical (unpaired) electrons. The van der Waals surface area contributed by atoms with E-state index in [0.29, 0.717) is 19.0 Å². The number of rotatable bonds is 3. The molecule has 3 heterocycles. The lowest BCUT2D eigenvalue weighted by atomic mass is 9.89. The molecule has 0 spiro atoms. The minimum absolute atomic E-state index is 0.177. The number of carbonyl (C=O) groups is 2. The number of amides is 1. The quantitative estimate of drug-likeness (QED) is 0.731. The topological polar surface area (TPSA) is 75.5 Å². The molecule has 0 bridgehead atoms. The number of esters is 1. The first-order valence-electron chi connectivity index (χ1n) is 8.69. The van der Waals surface area contributed by atoms with Gasteiger partial charge in [-0.15, -0.1) is 0 Å². The van der Waals surface area contributed by atoms with Crippen molar-refractivity contribution in [1.29, 1.82) is 0 Å². The van der Waals surface area contributed by atoms with Gasteiger partial charge in [0.25, 0.3) is 5.91 Å². The van der Waals surface area contributed by atoms with Crippen molar-refractivity contribution >= 4 is 22.8 Å². The molecule has 0 aliphatic carbocycles. The fraction of sp³-hybridized carbons (Fsp3) is 0.300. The van der Waals surface area contributed by atoms with Crippen molar-refractivity contribution in [3.05, 3.63) is 59.7 Å². The van der Waals surface area contributed by atoms with Gasteiger partial charge in [-0.05, 0) is 30.4 Å². The Labute approximate surface area is 150 Å². The van der Waals surface area contributed by atoms with Crippen molar-refractivity contribution in [3.8, 4) is 0 Å². The highest BCUT2D eigenvalue weighted by Crippen LogP contribution is 2.33. The van der Waals surface area contributed by atoms with E-state index < -0.39 is 5.97 Å². The fourth-order valence-corrected chi connectivity index (χ4v) is 3.65. The van der Waals surface area contributed by atoms with Gasteiger partial charge in [0, 0.05) is 36.3 Å². The van der Waals surface area contributed by atoms with Crippen molar-refractivity contribution in [3.63, 3.8) is 0 Å².